The molecule has 4 rings (SSSR count). The molecule has 11 heteroatoms. The summed E-state index contributed by atoms with van der Waals surface area (Å²) in [5.74, 6) is -5.13. The lowest BCUT2D eigenvalue weighted by Gasteiger charge is -2.13. The first kappa shape index (κ1) is 24.8. The zero-order valence-corrected chi connectivity index (χ0v) is 20.1. The largest absolute Gasteiger partial charge is 0.478 e. The van der Waals surface area contributed by atoms with Crippen molar-refractivity contribution in [1.82, 2.24) is 0 Å². The third-order valence-electron chi connectivity index (χ3n) is 5.20. The minimum absolute atomic E-state index is 0.0837. The molecule has 0 atom stereocenters. The van der Waals surface area contributed by atoms with Crippen LogP contribution in [0.4, 0.5) is 0 Å². The topological polar surface area (TPSA) is 118 Å². The summed E-state index contributed by atoms with van der Waals surface area (Å²) in [4.78, 5) is 49.6. The summed E-state index contributed by atoms with van der Waals surface area (Å²) >= 11 is 24.7. The van der Waals surface area contributed by atoms with Gasteiger partial charge in [0.25, 0.3) is 0 Å². The van der Waals surface area contributed by atoms with E-state index in [0.717, 1.165) is 0 Å². The van der Waals surface area contributed by atoms with E-state index in [1.165, 1.54) is 48.5 Å². The highest BCUT2D eigenvalue weighted by Crippen LogP contribution is 2.37. The summed E-state index contributed by atoms with van der Waals surface area (Å²) in [5.41, 5.74) is -1.15. The minimum atomic E-state index is -1.36. The second-order valence-corrected chi connectivity index (χ2v) is 8.80. The number of hydrogen-bond donors (Lipinski definition) is 2. The summed E-state index contributed by atoms with van der Waals surface area (Å²) in [5, 5.41) is 19.5. The van der Waals surface area contributed by atoms with Crippen molar-refractivity contribution < 1.29 is 34.1 Å². The van der Waals surface area contributed by atoms with E-state index in [4.69, 9.17) is 51.1 Å². The molecule has 0 saturated heterocycles. The third kappa shape index (κ3) is 4.28. The van der Waals surface area contributed by atoms with Crippen molar-refractivity contribution in [2.45, 2.75) is 0 Å². The number of hydrogen-bond acceptors (Lipinski definition) is 5. The fourth-order valence-electron chi connectivity index (χ4n) is 3.72. The van der Waals surface area contributed by atoms with E-state index in [1.807, 2.05) is 0 Å². The third-order valence-corrected chi connectivity index (χ3v) is 6.46. The number of esters is 2. The Morgan fingerprint density at radius 1 is 0.486 bits per heavy atom. The van der Waals surface area contributed by atoms with Crippen LogP contribution in [0.25, 0.3) is 21.5 Å². The second-order valence-electron chi connectivity index (χ2n) is 7.17. The van der Waals surface area contributed by atoms with E-state index < -0.39 is 23.9 Å². The number of carbonyl (C=O) groups is 4. The standard InChI is InChI=1S/C24H10Cl4O7/c25-13-5-1-9(21(29)30)17-11(3-7-15(27)19(13)17)23(33)35-24(34)12-4-8-16(28)20-14(26)6-2-10(18(12)20)22(31)32/h1-8H,(H,29,30)(H,31,32). The number of benzene rings is 4. The van der Waals surface area contributed by atoms with Crippen molar-refractivity contribution in [1.29, 1.82) is 0 Å². The van der Waals surface area contributed by atoms with Gasteiger partial charge in [-0.2, -0.15) is 0 Å². The zero-order valence-electron chi connectivity index (χ0n) is 17.1. The highest BCUT2D eigenvalue weighted by molar-refractivity contribution is 6.44. The van der Waals surface area contributed by atoms with Crippen LogP contribution in [0.5, 0.6) is 0 Å². The van der Waals surface area contributed by atoms with Crippen molar-refractivity contribution in [3.8, 4) is 0 Å². The van der Waals surface area contributed by atoms with Crippen LogP contribution >= 0.6 is 46.4 Å². The van der Waals surface area contributed by atoms with Gasteiger partial charge in [0.1, 0.15) is 0 Å². The van der Waals surface area contributed by atoms with Gasteiger partial charge in [0.15, 0.2) is 0 Å². The number of ether oxygens (including phenoxy) is 1. The summed E-state index contributed by atoms with van der Waals surface area (Å²) in [6, 6.07) is 10.0. The highest BCUT2D eigenvalue weighted by atomic mass is 35.5. The molecule has 0 unspecified atom stereocenters. The lowest BCUT2D eigenvalue weighted by Crippen LogP contribution is -2.15. The lowest BCUT2D eigenvalue weighted by molar-refractivity contribution is 0.0400. The molecule has 35 heavy (non-hydrogen) atoms. The molecular formula is C24H10Cl4O7. The smallest absolute Gasteiger partial charge is 0.346 e. The van der Waals surface area contributed by atoms with Crippen molar-refractivity contribution >= 4 is 91.8 Å². The fourth-order valence-corrected chi connectivity index (χ4v) is 4.85. The first-order valence-electron chi connectivity index (χ1n) is 9.57. The first-order valence-corrected chi connectivity index (χ1v) is 11.1. The van der Waals surface area contributed by atoms with Crippen molar-refractivity contribution in [2.24, 2.45) is 0 Å². The molecule has 0 spiro atoms. The van der Waals surface area contributed by atoms with Gasteiger partial charge in [0, 0.05) is 41.6 Å². The quantitative estimate of drug-likeness (QED) is 0.207. The van der Waals surface area contributed by atoms with Gasteiger partial charge in [-0.1, -0.05) is 46.4 Å². The molecule has 4 aromatic rings. The minimum Gasteiger partial charge on any atom is -0.478 e. The van der Waals surface area contributed by atoms with E-state index in [0.29, 0.717) is 0 Å². The number of aromatic carboxylic acids is 2. The Bertz CT molecular complexity index is 1480. The van der Waals surface area contributed by atoms with Crippen molar-refractivity contribution in [3.63, 3.8) is 0 Å². The Hall–Kier alpha value is -3.36. The molecule has 2 N–H and O–H groups in total. The average molecular weight is 552 g/mol. The normalized spacial score (nSPS) is 11.0. The van der Waals surface area contributed by atoms with Crippen LogP contribution in [0.1, 0.15) is 41.4 Å². The monoisotopic (exact) mass is 550 g/mol. The molecule has 0 amide bonds. The van der Waals surface area contributed by atoms with E-state index in [9.17, 15) is 29.4 Å². The van der Waals surface area contributed by atoms with Gasteiger partial charge >= 0.3 is 23.9 Å². The molecule has 0 heterocycles. The predicted octanol–water partition coefficient (Wildman–Crippen LogP) is 7.00. The molecule has 7 nitrogen and oxygen atoms in total. The Kier molecular flexibility index (Phi) is 6.62. The Morgan fingerprint density at radius 2 is 0.771 bits per heavy atom. The summed E-state index contributed by atoms with van der Waals surface area (Å²) in [7, 11) is 0. The van der Waals surface area contributed by atoms with Crippen LogP contribution in [0, 0.1) is 0 Å². The van der Waals surface area contributed by atoms with Crippen LogP contribution in [0.15, 0.2) is 48.5 Å². The van der Waals surface area contributed by atoms with Crippen molar-refractivity contribution in [3.05, 3.63) is 90.9 Å². The van der Waals surface area contributed by atoms with Gasteiger partial charge in [-0.3, -0.25) is 0 Å². The molecule has 0 aromatic heterocycles. The number of fused-ring (bicyclic) bond motifs is 2. The molecule has 176 valence electrons. The van der Waals surface area contributed by atoms with Crippen LogP contribution in [-0.4, -0.2) is 34.1 Å². The number of carboxylic acids is 2. The second kappa shape index (κ2) is 9.36. The summed E-state index contributed by atoms with van der Waals surface area (Å²) in [6.07, 6.45) is 0. The zero-order chi connectivity index (χ0) is 25.6. The van der Waals surface area contributed by atoms with Crippen LogP contribution in [0.3, 0.4) is 0 Å². The molecule has 0 aliphatic heterocycles. The molecule has 0 saturated carbocycles. The van der Waals surface area contributed by atoms with Gasteiger partial charge in [-0.15, -0.1) is 0 Å². The van der Waals surface area contributed by atoms with E-state index in [-0.39, 0.29) is 63.9 Å². The number of rotatable bonds is 4. The molecule has 0 bridgehead atoms. The lowest BCUT2D eigenvalue weighted by atomic mass is 9.98. The SMILES string of the molecule is O=C(O)c1ccc(Cl)c2c(Cl)ccc(C(=O)OC(=O)c3ccc(Cl)c4c(Cl)ccc(C(=O)O)c34)c12. The molecular weight excluding hydrogens is 542 g/mol. The van der Waals surface area contributed by atoms with Crippen LogP contribution in [0.2, 0.25) is 20.1 Å². The Balaban J connectivity index is 1.87. The Labute approximate surface area is 216 Å². The van der Waals surface area contributed by atoms with Crippen LogP contribution < -0.4 is 0 Å². The number of carboxylic acid groups (broad SMARTS) is 2. The fraction of sp³-hybridized carbons (Fsp3) is 0. The summed E-state index contributed by atoms with van der Waals surface area (Å²) in [6.45, 7) is 0. The molecule has 4 aromatic carbocycles. The average Bonchev–Trinajstić information content (AvgIpc) is 2.79. The van der Waals surface area contributed by atoms with Gasteiger partial charge in [0.2, 0.25) is 0 Å². The molecule has 0 radical (unpaired) electrons. The van der Waals surface area contributed by atoms with Gasteiger partial charge in [-0.05, 0) is 48.5 Å². The van der Waals surface area contributed by atoms with Crippen molar-refractivity contribution in [2.75, 3.05) is 0 Å². The molecule has 0 fully saturated rings. The Morgan fingerprint density at radius 3 is 1.06 bits per heavy atom. The van der Waals surface area contributed by atoms with Gasteiger partial charge in [0.05, 0.1) is 22.3 Å². The van der Waals surface area contributed by atoms with E-state index >= 15 is 0 Å². The maximum absolute atomic E-state index is 13.0. The summed E-state index contributed by atoms with van der Waals surface area (Å²) < 4.78 is 5.03. The molecule has 0 aliphatic rings. The number of halogens is 4. The maximum atomic E-state index is 13.0. The molecule has 0 aliphatic carbocycles. The van der Waals surface area contributed by atoms with Crippen LogP contribution in [-0.2, 0) is 4.74 Å². The van der Waals surface area contributed by atoms with Gasteiger partial charge < -0.3 is 14.9 Å². The van der Waals surface area contributed by atoms with E-state index in [2.05, 4.69) is 0 Å². The van der Waals surface area contributed by atoms with Gasteiger partial charge in [-0.25, -0.2) is 19.2 Å². The van der Waals surface area contributed by atoms with E-state index in [1.54, 1.807) is 0 Å². The first-order chi connectivity index (χ1) is 16.5. The number of carbonyl (C=O) groups excluding carboxylic acids is 2. The highest BCUT2D eigenvalue weighted by Gasteiger charge is 2.26. The maximum Gasteiger partial charge on any atom is 0.346 e. The predicted molar refractivity (Wildman–Crippen MR) is 132 cm³/mol.